The molecule has 3 aromatic rings. The van der Waals surface area contributed by atoms with Gasteiger partial charge >= 0.3 is 0 Å². The summed E-state index contributed by atoms with van der Waals surface area (Å²) in [6, 6.07) is 11.2. The van der Waals surface area contributed by atoms with E-state index < -0.39 is 11.9 Å². The minimum Gasteiger partial charge on any atom is -0.489 e. The number of hydrogen-bond donors (Lipinski definition) is 1. The van der Waals surface area contributed by atoms with Gasteiger partial charge in [0.05, 0.1) is 5.52 Å². The standard InChI is InChI=1S/C27H27N5O4/c1-16-28-12-18-10-17(2-5-23(18)29-16)13-31-9-8-21(15-31)36-20-3-4-22-19(11-20)14-32(27(22)35)24-6-7-25(33)30-26(24)34/h2-5,10-12,21,24H,6-9,13-15H2,1H3,(H,30,33,34). The SMILES string of the molecule is Cc1ncc2cc(CN3CCC(Oc4ccc5c(c4)CN(C4CCC(=O)NC4=O)C5=O)C3)ccc2n1. The Morgan fingerprint density at radius 1 is 1.11 bits per heavy atom. The number of piperidine rings is 1. The summed E-state index contributed by atoms with van der Waals surface area (Å²) in [7, 11) is 0. The molecule has 0 radical (unpaired) electrons. The van der Waals surface area contributed by atoms with Crippen LogP contribution in [0.15, 0.2) is 42.6 Å². The second kappa shape index (κ2) is 8.98. The number of ether oxygens (including phenoxy) is 1. The zero-order valence-corrected chi connectivity index (χ0v) is 20.1. The summed E-state index contributed by atoms with van der Waals surface area (Å²) in [4.78, 5) is 49.3. The number of carbonyl (C=O) groups is 3. The third kappa shape index (κ3) is 4.30. The van der Waals surface area contributed by atoms with Crippen LogP contribution in [0.2, 0.25) is 0 Å². The molecule has 4 heterocycles. The first kappa shape index (κ1) is 22.6. The van der Waals surface area contributed by atoms with Crippen molar-refractivity contribution in [1.82, 2.24) is 25.1 Å². The fourth-order valence-electron chi connectivity index (χ4n) is 5.39. The maximum Gasteiger partial charge on any atom is 0.255 e. The number of likely N-dealkylation sites (tertiary alicyclic amines) is 1. The van der Waals surface area contributed by atoms with Gasteiger partial charge in [0.1, 0.15) is 23.7 Å². The Bertz CT molecular complexity index is 1390. The number of aryl methyl sites for hydroxylation is 1. The third-order valence-electron chi connectivity index (χ3n) is 7.20. The number of nitrogens with zero attached hydrogens (tertiary/aromatic N) is 4. The Balaban J connectivity index is 1.08. The van der Waals surface area contributed by atoms with Crippen molar-refractivity contribution in [3.63, 3.8) is 0 Å². The molecular weight excluding hydrogens is 458 g/mol. The van der Waals surface area contributed by atoms with Gasteiger partial charge in [-0.05, 0) is 61.2 Å². The Morgan fingerprint density at radius 3 is 2.86 bits per heavy atom. The molecule has 0 saturated carbocycles. The molecule has 1 aromatic heterocycles. The normalized spacial score (nSPS) is 22.2. The topological polar surface area (TPSA) is 105 Å². The molecule has 9 nitrogen and oxygen atoms in total. The number of hydrogen-bond acceptors (Lipinski definition) is 7. The van der Waals surface area contributed by atoms with Crippen LogP contribution in [0, 0.1) is 6.92 Å². The van der Waals surface area contributed by atoms with Crippen LogP contribution in [-0.2, 0) is 22.7 Å². The number of imide groups is 1. The average Bonchev–Trinajstić information content (AvgIpc) is 3.42. The quantitative estimate of drug-likeness (QED) is 0.553. The Kier molecular flexibility index (Phi) is 5.64. The number of amides is 3. The van der Waals surface area contributed by atoms with Crippen LogP contribution >= 0.6 is 0 Å². The van der Waals surface area contributed by atoms with Gasteiger partial charge in [-0.1, -0.05) is 6.07 Å². The van der Waals surface area contributed by atoms with Crippen molar-refractivity contribution in [2.75, 3.05) is 13.1 Å². The van der Waals surface area contributed by atoms with Gasteiger partial charge in [-0.25, -0.2) is 9.97 Å². The van der Waals surface area contributed by atoms with Gasteiger partial charge in [0.15, 0.2) is 0 Å². The molecule has 2 aromatic carbocycles. The second-order valence-electron chi connectivity index (χ2n) is 9.79. The summed E-state index contributed by atoms with van der Waals surface area (Å²) >= 11 is 0. The molecule has 6 rings (SSSR count). The smallest absolute Gasteiger partial charge is 0.255 e. The maximum absolute atomic E-state index is 12.9. The molecule has 3 amide bonds. The van der Waals surface area contributed by atoms with E-state index in [0.29, 0.717) is 18.5 Å². The minimum atomic E-state index is -0.610. The summed E-state index contributed by atoms with van der Waals surface area (Å²) in [5.74, 6) is 0.649. The molecule has 1 N–H and O–H groups in total. The second-order valence-corrected chi connectivity index (χ2v) is 9.79. The minimum absolute atomic E-state index is 0.0674. The van der Waals surface area contributed by atoms with Gasteiger partial charge in [-0.2, -0.15) is 0 Å². The van der Waals surface area contributed by atoms with Crippen molar-refractivity contribution in [1.29, 1.82) is 0 Å². The summed E-state index contributed by atoms with van der Waals surface area (Å²) < 4.78 is 6.29. The lowest BCUT2D eigenvalue weighted by molar-refractivity contribution is -0.136. The van der Waals surface area contributed by atoms with Crippen LogP contribution in [0.3, 0.4) is 0 Å². The zero-order chi connectivity index (χ0) is 24.8. The highest BCUT2D eigenvalue weighted by atomic mass is 16.5. The molecule has 2 saturated heterocycles. The van der Waals surface area contributed by atoms with Crippen LogP contribution in [-0.4, -0.2) is 62.7 Å². The molecule has 0 aliphatic carbocycles. The lowest BCUT2D eigenvalue weighted by atomic mass is 10.0. The summed E-state index contributed by atoms with van der Waals surface area (Å²) in [6.07, 6.45) is 3.47. The maximum atomic E-state index is 12.9. The molecule has 9 heteroatoms. The molecule has 2 fully saturated rings. The zero-order valence-electron chi connectivity index (χ0n) is 20.1. The molecule has 0 bridgehead atoms. The molecule has 184 valence electrons. The first-order valence-corrected chi connectivity index (χ1v) is 12.3. The number of nitrogens with one attached hydrogen (secondary N) is 1. The van der Waals surface area contributed by atoms with E-state index >= 15 is 0 Å². The predicted molar refractivity (Wildman–Crippen MR) is 131 cm³/mol. The van der Waals surface area contributed by atoms with Crippen molar-refractivity contribution >= 4 is 28.6 Å². The highest BCUT2D eigenvalue weighted by molar-refractivity contribution is 6.05. The molecule has 2 atom stereocenters. The Morgan fingerprint density at radius 2 is 2.00 bits per heavy atom. The van der Waals surface area contributed by atoms with Crippen LogP contribution < -0.4 is 10.1 Å². The van der Waals surface area contributed by atoms with Gasteiger partial charge in [-0.3, -0.25) is 24.6 Å². The number of fused-ring (bicyclic) bond motifs is 2. The molecule has 2 unspecified atom stereocenters. The fraction of sp³-hybridized carbons (Fsp3) is 0.370. The van der Waals surface area contributed by atoms with Crippen molar-refractivity contribution in [2.24, 2.45) is 0 Å². The predicted octanol–water partition coefficient (Wildman–Crippen LogP) is 2.35. The van der Waals surface area contributed by atoms with Crippen LogP contribution in [0.5, 0.6) is 5.75 Å². The first-order chi connectivity index (χ1) is 17.4. The third-order valence-corrected chi connectivity index (χ3v) is 7.20. The largest absolute Gasteiger partial charge is 0.489 e. The highest BCUT2D eigenvalue weighted by Crippen LogP contribution is 2.31. The van der Waals surface area contributed by atoms with Gasteiger partial charge in [-0.15, -0.1) is 0 Å². The Hall–Kier alpha value is -3.85. The van der Waals surface area contributed by atoms with Crippen LogP contribution in [0.4, 0.5) is 0 Å². The van der Waals surface area contributed by atoms with E-state index in [1.165, 1.54) is 5.56 Å². The van der Waals surface area contributed by atoms with Crippen molar-refractivity contribution in [2.45, 2.75) is 51.4 Å². The lowest BCUT2D eigenvalue weighted by Crippen LogP contribution is -2.52. The summed E-state index contributed by atoms with van der Waals surface area (Å²) in [5, 5.41) is 3.38. The van der Waals surface area contributed by atoms with E-state index in [1.54, 1.807) is 11.0 Å². The number of aromatic nitrogens is 2. The van der Waals surface area contributed by atoms with E-state index in [1.807, 2.05) is 31.3 Å². The van der Waals surface area contributed by atoms with E-state index in [4.69, 9.17) is 4.74 Å². The molecular formula is C27H27N5O4. The van der Waals surface area contributed by atoms with Crippen molar-refractivity contribution in [3.05, 3.63) is 65.1 Å². The molecule has 36 heavy (non-hydrogen) atoms. The summed E-state index contributed by atoms with van der Waals surface area (Å²) in [6.45, 7) is 4.84. The van der Waals surface area contributed by atoms with Crippen molar-refractivity contribution in [3.8, 4) is 5.75 Å². The number of carbonyl (C=O) groups excluding carboxylic acids is 3. The van der Waals surface area contributed by atoms with E-state index in [2.05, 4.69) is 32.3 Å². The van der Waals surface area contributed by atoms with Crippen LogP contribution in [0.1, 0.15) is 46.6 Å². The van der Waals surface area contributed by atoms with E-state index in [0.717, 1.165) is 54.1 Å². The van der Waals surface area contributed by atoms with Gasteiger partial charge in [0.25, 0.3) is 5.91 Å². The van der Waals surface area contributed by atoms with Crippen LogP contribution in [0.25, 0.3) is 10.9 Å². The number of rotatable bonds is 5. The van der Waals surface area contributed by atoms with Gasteiger partial charge < -0.3 is 9.64 Å². The van der Waals surface area contributed by atoms with E-state index in [-0.39, 0.29) is 24.3 Å². The summed E-state index contributed by atoms with van der Waals surface area (Å²) in [5.41, 5.74) is 3.63. The lowest BCUT2D eigenvalue weighted by Gasteiger charge is -2.29. The first-order valence-electron chi connectivity index (χ1n) is 12.3. The Labute approximate surface area is 208 Å². The average molecular weight is 486 g/mol. The van der Waals surface area contributed by atoms with Crippen molar-refractivity contribution < 1.29 is 19.1 Å². The molecule has 3 aliphatic heterocycles. The monoisotopic (exact) mass is 485 g/mol. The number of benzene rings is 2. The molecule has 3 aliphatic rings. The molecule has 0 spiro atoms. The van der Waals surface area contributed by atoms with E-state index in [9.17, 15) is 14.4 Å². The fourth-order valence-corrected chi connectivity index (χ4v) is 5.39. The van der Waals surface area contributed by atoms with Gasteiger partial charge in [0, 0.05) is 49.7 Å². The van der Waals surface area contributed by atoms with Gasteiger partial charge in [0.2, 0.25) is 11.8 Å². The highest BCUT2D eigenvalue weighted by Gasteiger charge is 2.39.